The molecule has 1 fully saturated rings. The molecule has 1 rings (SSSR count). The SMILES string of the molecule is CC(C)C(=N)CC(=N)C(=N)/C=C1/NCCNC1=N. The van der Waals surface area contributed by atoms with Gasteiger partial charge in [0.25, 0.3) is 0 Å². The van der Waals surface area contributed by atoms with E-state index in [0.29, 0.717) is 24.5 Å². The van der Waals surface area contributed by atoms with E-state index in [2.05, 4.69) is 10.6 Å². The second-order valence-electron chi connectivity index (χ2n) is 4.54. The Balaban J connectivity index is 2.64. The van der Waals surface area contributed by atoms with Crippen LogP contribution < -0.4 is 10.6 Å². The van der Waals surface area contributed by atoms with Crippen LogP contribution in [-0.2, 0) is 0 Å². The van der Waals surface area contributed by atoms with E-state index in [4.69, 9.17) is 21.6 Å². The lowest BCUT2D eigenvalue weighted by Crippen LogP contribution is -2.43. The Morgan fingerprint density at radius 1 is 1.22 bits per heavy atom. The van der Waals surface area contributed by atoms with Crippen molar-refractivity contribution in [2.24, 2.45) is 5.92 Å². The Hall–Kier alpha value is -1.98. The third-order valence-electron chi connectivity index (χ3n) is 2.69. The van der Waals surface area contributed by atoms with Crippen LogP contribution >= 0.6 is 0 Å². The van der Waals surface area contributed by atoms with Crippen molar-refractivity contribution in [1.82, 2.24) is 10.6 Å². The van der Waals surface area contributed by atoms with Crippen molar-refractivity contribution >= 4 is 23.0 Å². The predicted octanol–water partition coefficient (Wildman–Crippen LogP) is 1.15. The summed E-state index contributed by atoms with van der Waals surface area (Å²) < 4.78 is 0. The van der Waals surface area contributed by atoms with Crippen molar-refractivity contribution in [3.05, 3.63) is 11.8 Å². The smallest absolute Gasteiger partial charge is 0.142 e. The van der Waals surface area contributed by atoms with Gasteiger partial charge in [-0.3, -0.25) is 10.8 Å². The molecule has 6 heteroatoms. The molecular weight excluding hydrogens is 228 g/mol. The third kappa shape index (κ3) is 3.80. The molecule has 0 spiro atoms. The fraction of sp³-hybridized carbons (Fsp3) is 0.500. The third-order valence-corrected chi connectivity index (χ3v) is 2.69. The van der Waals surface area contributed by atoms with Crippen LogP contribution in [0.25, 0.3) is 0 Å². The van der Waals surface area contributed by atoms with Crippen LogP contribution in [0.3, 0.4) is 0 Å². The highest BCUT2D eigenvalue weighted by atomic mass is 15.1. The first-order valence-corrected chi connectivity index (χ1v) is 5.93. The number of hydrogen-bond acceptors (Lipinski definition) is 5. The van der Waals surface area contributed by atoms with Crippen molar-refractivity contribution in [2.45, 2.75) is 20.3 Å². The summed E-state index contributed by atoms with van der Waals surface area (Å²) in [5.74, 6) is 0.344. The summed E-state index contributed by atoms with van der Waals surface area (Å²) in [6, 6.07) is 0. The molecular formula is C12H20N6. The van der Waals surface area contributed by atoms with Crippen molar-refractivity contribution in [3.63, 3.8) is 0 Å². The van der Waals surface area contributed by atoms with E-state index < -0.39 is 0 Å². The van der Waals surface area contributed by atoms with Gasteiger partial charge in [-0.1, -0.05) is 13.8 Å². The van der Waals surface area contributed by atoms with Crippen LogP contribution in [0.5, 0.6) is 0 Å². The van der Waals surface area contributed by atoms with E-state index in [1.165, 1.54) is 6.08 Å². The van der Waals surface area contributed by atoms with Crippen LogP contribution in [0.1, 0.15) is 20.3 Å². The fourth-order valence-electron chi connectivity index (χ4n) is 1.41. The average molecular weight is 248 g/mol. The molecule has 1 heterocycles. The molecule has 0 aromatic rings. The van der Waals surface area contributed by atoms with E-state index in [1.807, 2.05) is 13.8 Å². The van der Waals surface area contributed by atoms with Gasteiger partial charge in [0.2, 0.25) is 0 Å². The van der Waals surface area contributed by atoms with Crippen LogP contribution in [0.4, 0.5) is 0 Å². The number of allylic oxidation sites excluding steroid dienone is 1. The molecule has 0 aromatic carbocycles. The van der Waals surface area contributed by atoms with E-state index in [0.717, 1.165) is 0 Å². The summed E-state index contributed by atoms with van der Waals surface area (Å²) in [5, 5.41) is 36.8. The Kier molecular flexibility index (Phi) is 4.76. The van der Waals surface area contributed by atoms with Gasteiger partial charge in [-0.15, -0.1) is 0 Å². The minimum absolute atomic E-state index is 0.0522. The lowest BCUT2D eigenvalue weighted by molar-refractivity contribution is 0.724. The molecule has 0 aromatic heterocycles. The zero-order valence-electron chi connectivity index (χ0n) is 10.8. The monoisotopic (exact) mass is 248 g/mol. The average Bonchev–Trinajstić information content (AvgIpc) is 2.31. The van der Waals surface area contributed by atoms with Gasteiger partial charge >= 0.3 is 0 Å². The van der Waals surface area contributed by atoms with E-state index in [-0.39, 0.29) is 29.6 Å². The first-order valence-electron chi connectivity index (χ1n) is 5.93. The molecule has 0 amide bonds. The molecule has 0 radical (unpaired) electrons. The van der Waals surface area contributed by atoms with Crippen LogP contribution in [-0.4, -0.2) is 36.1 Å². The highest BCUT2D eigenvalue weighted by Crippen LogP contribution is 2.03. The molecule has 6 nitrogen and oxygen atoms in total. The maximum atomic E-state index is 7.79. The zero-order valence-corrected chi connectivity index (χ0v) is 10.8. The van der Waals surface area contributed by atoms with Gasteiger partial charge in [0.15, 0.2) is 0 Å². The molecule has 1 saturated heterocycles. The number of hydrogen-bond donors (Lipinski definition) is 6. The molecule has 0 bridgehead atoms. The minimum atomic E-state index is 0.0522. The summed E-state index contributed by atoms with van der Waals surface area (Å²) >= 11 is 0. The highest BCUT2D eigenvalue weighted by Gasteiger charge is 2.13. The topological polar surface area (TPSA) is 119 Å². The van der Waals surface area contributed by atoms with E-state index >= 15 is 0 Å². The maximum absolute atomic E-state index is 7.79. The Morgan fingerprint density at radius 2 is 1.83 bits per heavy atom. The maximum Gasteiger partial charge on any atom is 0.142 e. The van der Waals surface area contributed by atoms with Crippen LogP contribution in [0.2, 0.25) is 0 Å². The summed E-state index contributed by atoms with van der Waals surface area (Å²) in [5.41, 5.74) is 1.15. The molecule has 0 atom stereocenters. The molecule has 1 aliphatic heterocycles. The Morgan fingerprint density at radius 3 is 2.39 bits per heavy atom. The Bertz CT molecular complexity index is 418. The molecule has 18 heavy (non-hydrogen) atoms. The first kappa shape index (κ1) is 14.1. The minimum Gasteiger partial charge on any atom is -0.380 e. The highest BCUT2D eigenvalue weighted by molar-refractivity contribution is 6.47. The molecule has 0 unspecified atom stereocenters. The van der Waals surface area contributed by atoms with Crippen molar-refractivity contribution < 1.29 is 0 Å². The van der Waals surface area contributed by atoms with Gasteiger partial charge in [-0.2, -0.15) is 0 Å². The number of nitrogens with one attached hydrogen (secondary N) is 6. The largest absolute Gasteiger partial charge is 0.380 e. The second kappa shape index (κ2) is 6.09. The van der Waals surface area contributed by atoms with E-state index in [1.54, 1.807) is 0 Å². The quantitative estimate of drug-likeness (QED) is 0.409. The van der Waals surface area contributed by atoms with Crippen LogP contribution in [0.15, 0.2) is 11.8 Å². The van der Waals surface area contributed by atoms with Crippen molar-refractivity contribution in [3.8, 4) is 0 Å². The summed E-state index contributed by atoms with van der Waals surface area (Å²) in [6.45, 7) is 5.20. The number of rotatable bonds is 5. The summed E-state index contributed by atoms with van der Waals surface area (Å²) in [7, 11) is 0. The lowest BCUT2D eigenvalue weighted by atomic mass is 10.00. The van der Waals surface area contributed by atoms with E-state index in [9.17, 15) is 0 Å². The Labute approximate surface area is 107 Å². The van der Waals surface area contributed by atoms with Gasteiger partial charge in [0.1, 0.15) is 5.84 Å². The molecule has 1 aliphatic rings. The zero-order chi connectivity index (χ0) is 13.7. The van der Waals surface area contributed by atoms with Gasteiger partial charge in [-0.25, -0.2) is 0 Å². The molecule has 98 valence electrons. The molecule has 0 aliphatic carbocycles. The summed E-state index contributed by atoms with van der Waals surface area (Å²) in [4.78, 5) is 0. The van der Waals surface area contributed by atoms with Gasteiger partial charge in [0.05, 0.1) is 17.1 Å². The van der Waals surface area contributed by atoms with Crippen LogP contribution in [0, 0.1) is 27.6 Å². The first-order chi connectivity index (χ1) is 8.41. The number of amidine groups is 1. The molecule has 0 saturated carbocycles. The number of piperazine rings is 1. The van der Waals surface area contributed by atoms with Crippen molar-refractivity contribution in [2.75, 3.05) is 13.1 Å². The fourth-order valence-corrected chi connectivity index (χ4v) is 1.41. The van der Waals surface area contributed by atoms with Crippen molar-refractivity contribution in [1.29, 1.82) is 21.6 Å². The predicted molar refractivity (Wildman–Crippen MR) is 74.5 cm³/mol. The standard InChI is InChI=1S/C12H20N6/c1-7(2)8(13)5-9(14)10(15)6-11-12(16)18-4-3-17-11/h6-7,13-15,17H,3-5H2,1-2H3,(H2,16,18)/b11-6+,13-8?,14-9?,15-10?. The summed E-state index contributed by atoms with van der Waals surface area (Å²) in [6.07, 6.45) is 1.67. The molecule has 6 N–H and O–H groups in total. The van der Waals surface area contributed by atoms with Gasteiger partial charge < -0.3 is 21.5 Å². The van der Waals surface area contributed by atoms with Gasteiger partial charge in [-0.05, 0) is 12.0 Å². The lowest BCUT2D eigenvalue weighted by Gasteiger charge is -2.20. The van der Waals surface area contributed by atoms with Gasteiger partial charge in [0, 0.05) is 25.2 Å². The second-order valence-corrected chi connectivity index (χ2v) is 4.54. The normalized spacial score (nSPS) is 17.3.